The van der Waals surface area contributed by atoms with Crippen molar-refractivity contribution in [2.45, 2.75) is 6.61 Å². The first-order chi connectivity index (χ1) is 10.2. The third-order valence-electron chi connectivity index (χ3n) is 3.32. The Kier molecular flexibility index (Phi) is 3.56. The van der Waals surface area contributed by atoms with E-state index in [1.165, 1.54) is 22.9 Å². The molecule has 0 atom stereocenters. The predicted octanol–water partition coefficient (Wildman–Crippen LogP) is 4.12. The minimum absolute atomic E-state index is 0.257. The first-order valence-electron chi connectivity index (χ1n) is 6.66. The predicted molar refractivity (Wildman–Crippen MR) is 81.7 cm³/mol. The van der Waals surface area contributed by atoms with Gasteiger partial charge in [0.1, 0.15) is 12.4 Å². The molecule has 0 saturated carbocycles. The molecule has 0 saturated heterocycles. The van der Waals surface area contributed by atoms with E-state index in [0.29, 0.717) is 12.4 Å². The van der Waals surface area contributed by atoms with Crippen LogP contribution in [0.5, 0.6) is 5.75 Å². The third kappa shape index (κ3) is 3.03. The van der Waals surface area contributed by atoms with Gasteiger partial charge in [0.05, 0.1) is 5.56 Å². The fraction of sp³-hybridized carbons (Fsp3) is 0.0556. The number of hydrogen-bond donors (Lipinski definition) is 1. The topological polar surface area (TPSA) is 46.5 Å². The molecule has 104 valence electrons. The summed E-state index contributed by atoms with van der Waals surface area (Å²) in [4.78, 5) is 10.8. The Morgan fingerprint density at radius 3 is 2.33 bits per heavy atom. The van der Waals surface area contributed by atoms with Crippen LogP contribution in [-0.4, -0.2) is 11.1 Å². The molecule has 3 aromatic carbocycles. The zero-order valence-corrected chi connectivity index (χ0v) is 11.3. The van der Waals surface area contributed by atoms with Gasteiger partial charge in [0, 0.05) is 0 Å². The molecule has 0 radical (unpaired) electrons. The van der Waals surface area contributed by atoms with Gasteiger partial charge in [0.15, 0.2) is 0 Å². The number of benzene rings is 3. The maximum atomic E-state index is 10.8. The number of carbonyl (C=O) groups is 1. The van der Waals surface area contributed by atoms with Crippen LogP contribution in [0.4, 0.5) is 0 Å². The Labute approximate surface area is 122 Å². The Balaban J connectivity index is 1.72. The van der Waals surface area contributed by atoms with E-state index >= 15 is 0 Å². The molecule has 0 fully saturated rings. The highest BCUT2D eigenvalue weighted by Gasteiger charge is 2.02. The second-order valence-electron chi connectivity index (χ2n) is 4.80. The zero-order chi connectivity index (χ0) is 14.7. The molecule has 0 spiro atoms. The fourth-order valence-corrected chi connectivity index (χ4v) is 2.19. The van der Waals surface area contributed by atoms with E-state index in [1.54, 1.807) is 12.1 Å². The van der Waals surface area contributed by atoms with Crippen molar-refractivity contribution in [3.8, 4) is 5.75 Å². The second kappa shape index (κ2) is 5.67. The first kappa shape index (κ1) is 13.2. The molecule has 21 heavy (non-hydrogen) atoms. The summed E-state index contributed by atoms with van der Waals surface area (Å²) in [7, 11) is 0. The van der Waals surface area contributed by atoms with E-state index in [-0.39, 0.29) is 5.56 Å². The van der Waals surface area contributed by atoms with Crippen LogP contribution in [0.15, 0.2) is 66.7 Å². The smallest absolute Gasteiger partial charge is 0.335 e. The average molecular weight is 278 g/mol. The molecule has 0 unspecified atom stereocenters. The highest BCUT2D eigenvalue weighted by molar-refractivity contribution is 5.87. The van der Waals surface area contributed by atoms with E-state index < -0.39 is 5.97 Å². The van der Waals surface area contributed by atoms with Gasteiger partial charge in [-0.2, -0.15) is 0 Å². The lowest BCUT2D eigenvalue weighted by Crippen LogP contribution is -1.98. The van der Waals surface area contributed by atoms with Gasteiger partial charge in [-0.15, -0.1) is 0 Å². The van der Waals surface area contributed by atoms with Crippen molar-refractivity contribution in [2.75, 3.05) is 0 Å². The number of ether oxygens (including phenoxy) is 1. The summed E-state index contributed by atoms with van der Waals surface area (Å²) < 4.78 is 5.68. The second-order valence-corrected chi connectivity index (χ2v) is 4.80. The quantitative estimate of drug-likeness (QED) is 0.781. The molecule has 0 heterocycles. The van der Waals surface area contributed by atoms with Gasteiger partial charge in [0.25, 0.3) is 0 Å². The lowest BCUT2D eigenvalue weighted by Gasteiger charge is -2.07. The van der Waals surface area contributed by atoms with Gasteiger partial charge in [0.2, 0.25) is 0 Å². The largest absolute Gasteiger partial charge is 0.489 e. The lowest BCUT2D eigenvalue weighted by atomic mass is 10.1. The molecule has 3 heteroatoms. The van der Waals surface area contributed by atoms with Crippen LogP contribution in [0.2, 0.25) is 0 Å². The maximum Gasteiger partial charge on any atom is 0.335 e. The summed E-state index contributed by atoms with van der Waals surface area (Å²) in [6.45, 7) is 0.456. The Hall–Kier alpha value is -2.81. The molecule has 1 N–H and O–H groups in total. The molecule has 0 aliphatic carbocycles. The Morgan fingerprint density at radius 2 is 1.62 bits per heavy atom. The number of rotatable bonds is 4. The van der Waals surface area contributed by atoms with Crippen LogP contribution in [-0.2, 0) is 6.61 Å². The van der Waals surface area contributed by atoms with E-state index in [0.717, 1.165) is 5.56 Å². The Bertz CT molecular complexity index is 776. The summed E-state index contributed by atoms with van der Waals surface area (Å²) in [5.41, 5.74) is 1.34. The summed E-state index contributed by atoms with van der Waals surface area (Å²) in [6.07, 6.45) is 0. The van der Waals surface area contributed by atoms with Crippen molar-refractivity contribution in [2.24, 2.45) is 0 Å². The van der Waals surface area contributed by atoms with Crippen molar-refractivity contribution < 1.29 is 14.6 Å². The first-order valence-corrected chi connectivity index (χ1v) is 6.66. The van der Waals surface area contributed by atoms with Crippen LogP contribution in [0.1, 0.15) is 15.9 Å². The molecule has 0 aromatic heterocycles. The average Bonchev–Trinajstić information content (AvgIpc) is 2.53. The number of carboxylic acid groups (broad SMARTS) is 1. The molecular formula is C18H14O3. The fourth-order valence-electron chi connectivity index (χ4n) is 2.19. The molecule has 3 aromatic rings. The SMILES string of the molecule is O=C(O)c1ccc(OCc2ccc3ccccc3c2)cc1. The number of hydrogen-bond acceptors (Lipinski definition) is 2. The van der Waals surface area contributed by atoms with Gasteiger partial charge in [-0.3, -0.25) is 0 Å². The molecule has 3 rings (SSSR count). The monoisotopic (exact) mass is 278 g/mol. The molecule has 0 aliphatic rings. The maximum absolute atomic E-state index is 10.8. The Morgan fingerprint density at radius 1 is 0.905 bits per heavy atom. The van der Waals surface area contributed by atoms with Gasteiger partial charge < -0.3 is 9.84 Å². The minimum Gasteiger partial charge on any atom is -0.489 e. The van der Waals surface area contributed by atoms with Crippen LogP contribution in [0.25, 0.3) is 10.8 Å². The van der Waals surface area contributed by atoms with E-state index in [1.807, 2.05) is 18.2 Å². The van der Waals surface area contributed by atoms with Crippen molar-refractivity contribution in [3.05, 3.63) is 77.9 Å². The molecule has 0 aliphatic heterocycles. The molecular weight excluding hydrogens is 264 g/mol. The molecule has 0 bridgehead atoms. The van der Waals surface area contributed by atoms with E-state index in [9.17, 15) is 4.79 Å². The third-order valence-corrected chi connectivity index (χ3v) is 3.32. The molecule has 3 nitrogen and oxygen atoms in total. The van der Waals surface area contributed by atoms with Gasteiger partial charge in [-0.1, -0.05) is 36.4 Å². The highest BCUT2D eigenvalue weighted by Crippen LogP contribution is 2.18. The van der Waals surface area contributed by atoms with Crippen molar-refractivity contribution in [3.63, 3.8) is 0 Å². The summed E-state index contributed by atoms with van der Waals surface area (Å²) >= 11 is 0. The number of aromatic carboxylic acids is 1. The summed E-state index contributed by atoms with van der Waals surface area (Å²) in [6, 6.07) is 20.8. The molecule has 0 amide bonds. The highest BCUT2D eigenvalue weighted by atomic mass is 16.5. The van der Waals surface area contributed by atoms with Crippen LogP contribution in [0, 0.1) is 0 Å². The summed E-state index contributed by atoms with van der Waals surface area (Å²) in [5, 5.41) is 11.2. The van der Waals surface area contributed by atoms with Gasteiger partial charge in [-0.25, -0.2) is 4.79 Å². The zero-order valence-electron chi connectivity index (χ0n) is 11.3. The van der Waals surface area contributed by atoms with Crippen molar-refractivity contribution in [1.82, 2.24) is 0 Å². The lowest BCUT2D eigenvalue weighted by molar-refractivity contribution is 0.0697. The van der Waals surface area contributed by atoms with Crippen LogP contribution >= 0.6 is 0 Å². The van der Waals surface area contributed by atoms with E-state index in [2.05, 4.69) is 24.3 Å². The number of fused-ring (bicyclic) bond motifs is 1. The van der Waals surface area contributed by atoms with Crippen LogP contribution in [0.3, 0.4) is 0 Å². The van der Waals surface area contributed by atoms with Crippen molar-refractivity contribution >= 4 is 16.7 Å². The summed E-state index contributed by atoms with van der Waals surface area (Å²) in [5.74, 6) is -0.274. The normalized spacial score (nSPS) is 10.5. The van der Waals surface area contributed by atoms with Crippen molar-refractivity contribution in [1.29, 1.82) is 0 Å². The standard InChI is InChI=1S/C18H14O3/c19-18(20)15-7-9-17(10-8-15)21-12-13-5-6-14-3-1-2-4-16(14)11-13/h1-11H,12H2,(H,19,20). The van der Waals surface area contributed by atoms with E-state index in [4.69, 9.17) is 9.84 Å². The van der Waals surface area contributed by atoms with Gasteiger partial charge in [-0.05, 0) is 46.7 Å². The van der Waals surface area contributed by atoms with Crippen LogP contribution < -0.4 is 4.74 Å². The minimum atomic E-state index is -0.934. The number of carboxylic acids is 1. The van der Waals surface area contributed by atoms with Gasteiger partial charge >= 0.3 is 5.97 Å².